The molecule has 4 heterocycles. The van der Waals surface area contributed by atoms with Crippen molar-refractivity contribution >= 4 is 5.91 Å². The number of aliphatic hydroxyl groups is 1. The van der Waals surface area contributed by atoms with E-state index >= 15 is 0 Å². The van der Waals surface area contributed by atoms with Crippen molar-refractivity contribution in [1.82, 2.24) is 29.7 Å². The van der Waals surface area contributed by atoms with Gasteiger partial charge in [0.25, 0.3) is 5.91 Å². The smallest absolute Gasteiger partial charge is 0.254 e. The lowest BCUT2D eigenvalue weighted by atomic mass is 10.0. The standard InChI is InChI=1S/C27H33FN6O2/c1-16-9-21(28)24(30-11-16)15-33-13-19(4)34(14-18(33)3)25(35)20-10-23(31-12-17(20)2)22-7-8-29-26(32-22)27(5,6)36/h7-12,18-19,36H,13-15H2,1-6H3/t18-,19+/m0/s1. The van der Waals surface area contributed by atoms with Gasteiger partial charge in [0, 0.05) is 55.9 Å². The van der Waals surface area contributed by atoms with Gasteiger partial charge >= 0.3 is 0 Å². The molecule has 3 aromatic heterocycles. The second-order valence-corrected chi connectivity index (χ2v) is 10.2. The van der Waals surface area contributed by atoms with Crippen molar-refractivity contribution in [3.63, 3.8) is 0 Å². The lowest BCUT2D eigenvalue weighted by Crippen LogP contribution is -2.57. The fourth-order valence-electron chi connectivity index (χ4n) is 4.42. The number of hydrogen-bond acceptors (Lipinski definition) is 7. The number of nitrogens with zero attached hydrogens (tertiary/aromatic N) is 6. The molecule has 4 rings (SSSR count). The SMILES string of the molecule is Cc1cnc(CN2C[C@@H](C)N(C(=O)c3cc(-c4ccnc(C(C)(C)O)n4)ncc3C)C[C@@H]2C)c(F)c1. The normalized spacial score (nSPS) is 18.9. The second-order valence-electron chi connectivity index (χ2n) is 10.2. The molecule has 0 aromatic carbocycles. The summed E-state index contributed by atoms with van der Waals surface area (Å²) < 4.78 is 14.4. The second kappa shape index (κ2) is 9.99. The van der Waals surface area contributed by atoms with Gasteiger partial charge in [0.1, 0.15) is 11.4 Å². The van der Waals surface area contributed by atoms with E-state index in [1.54, 1.807) is 44.6 Å². The lowest BCUT2D eigenvalue weighted by molar-refractivity contribution is 0.0282. The van der Waals surface area contributed by atoms with Crippen LogP contribution in [0, 0.1) is 19.7 Å². The Kier molecular flexibility index (Phi) is 7.15. The van der Waals surface area contributed by atoms with E-state index in [0.717, 1.165) is 11.1 Å². The van der Waals surface area contributed by atoms with Gasteiger partial charge in [0.05, 0.1) is 17.1 Å². The zero-order valence-electron chi connectivity index (χ0n) is 21.7. The Hall–Kier alpha value is -3.30. The predicted octanol–water partition coefficient (Wildman–Crippen LogP) is 3.65. The molecule has 0 aliphatic carbocycles. The lowest BCUT2D eigenvalue weighted by Gasteiger charge is -2.44. The molecule has 0 saturated carbocycles. The van der Waals surface area contributed by atoms with Crippen LogP contribution in [-0.4, -0.2) is 65.9 Å². The Morgan fingerprint density at radius 2 is 1.83 bits per heavy atom. The van der Waals surface area contributed by atoms with E-state index < -0.39 is 5.60 Å². The maximum Gasteiger partial charge on any atom is 0.254 e. The number of aryl methyl sites for hydroxylation is 2. The van der Waals surface area contributed by atoms with Gasteiger partial charge in [-0.1, -0.05) is 0 Å². The summed E-state index contributed by atoms with van der Waals surface area (Å²) in [6, 6.07) is 4.93. The third kappa shape index (κ3) is 5.42. The molecule has 0 bridgehead atoms. The largest absolute Gasteiger partial charge is 0.382 e. The van der Waals surface area contributed by atoms with Crippen LogP contribution in [0.25, 0.3) is 11.4 Å². The van der Waals surface area contributed by atoms with Gasteiger partial charge in [-0.05, 0) is 70.9 Å². The summed E-state index contributed by atoms with van der Waals surface area (Å²) in [6.07, 6.45) is 4.93. The first-order chi connectivity index (χ1) is 16.9. The average Bonchev–Trinajstić information content (AvgIpc) is 2.82. The molecule has 1 aliphatic heterocycles. The molecular formula is C27H33FN6O2. The fraction of sp³-hybridized carbons (Fsp3) is 0.444. The molecule has 0 unspecified atom stereocenters. The van der Waals surface area contributed by atoms with Crippen LogP contribution in [0.15, 0.2) is 36.8 Å². The number of carbonyl (C=O) groups is 1. The number of rotatable bonds is 5. The molecule has 0 radical (unpaired) electrons. The third-order valence-electron chi connectivity index (χ3n) is 6.58. The van der Waals surface area contributed by atoms with Gasteiger partial charge in [0.15, 0.2) is 5.82 Å². The summed E-state index contributed by atoms with van der Waals surface area (Å²) in [4.78, 5) is 35.1. The highest BCUT2D eigenvalue weighted by atomic mass is 19.1. The summed E-state index contributed by atoms with van der Waals surface area (Å²) in [7, 11) is 0. The molecule has 36 heavy (non-hydrogen) atoms. The molecule has 1 amide bonds. The van der Waals surface area contributed by atoms with Crippen molar-refractivity contribution < 1.29 is 14.3 Å². The van der Waals surface area contributed by atoms with Gasteiger partial charge in [0.2, 0.25) is 0 Å². The third-order valence-corrected chi connectivity index (χ3v) is 6.58. The van der Waals surface area contributed by atoms with Crippen LogP contribution in [-0.2, 0) is 12.1 Å². The van der Waals surface area contributed by atoms with Gasteiger partial charge < -0.3 is 10.0 Å². The molecule has 1 saturated heterocycles. The minimum atomic E-state index is -1.19. The Morgan fingerprint density at radius 1 is 1.08 bits per heavy atom. The molecular weight excluding hydrogens is 459 g/mol. The number of piperazine rings is 1. The highest BCUT2D eigenvalue weighted by Crippen LogP contribution is 2.25. The Labute approximate surface area is 211 Å². The molecule has 0 spiro atoms. The molecule has 3 aromatic rings. The van der Waals surface area contributed by atoms with Crippen LogP contribution < -0.4 is 0 Å². The maximum atomic E-state index is 14.4. The zero-order valence-corrected chi connectivity index (χ0v) is 21.7. The van der Waals surface area contributed by atoms with E-state index in [4.69, 9.17) is 0 Å². The quantitative estimate of drug-likeness (QED) is 0.581. The molecule has 8 nitrogen and oxygen atoms in total. The van der Waals surface area contributed by atoms with Crippen molar-refractivity contribution in [2.45, 2.75) is 65.8 Å². The van der Waals surface area contributed by atoms with E-state index in [-0.39, 0.29) is 29.6 Å². The zero-order chi connectivity index (χ0) is 26.2. The Balaban J connectivity index is 1.55. The number of hydrogen-bond donors (Lipinski definition) is 1. The summed E-state index contributed by atoms with van der Waals surface area (Å²) in [6.45, 7) is 12.5. The van der Waals surface area contributed by atoms with Crippen molar-refractivity contribution in [1.29, 1.82) is 0 Å². The van der Waals surface area contributed by atoms with Gasteiger partial charge in [-0.25, -0.2) is 14.4 Å². The van der Waals surface area contributed by atoms with Gasteiger partial charge in [-0.2, -0.15) is 0 Å². The van der Waals surface area contributed by atoms with Crippen LogP contribution in [0.1, 0.15) is 60.7 Å². The predicted molar refractivity (Wildman–Crippen MR) is 135 cm³/mol. The van der Waals surface area contributed by atoms with Crippen LogP contribution in [0.2, 0.25) is 0 Å². The number of amides is 1. The number of pyridine rings is 2. The summed E-state index contributed by atoms with van der Waals surface area (Å²) in [5.74, 6) is -0.0920. The molecule has 1 aliphatic rings. The topological polar surface area (TPSA) is 95.3 Å². The van der Waals surface area contributed by atoms with Crippen molar-refractivity contribution in [2.24, 2.45) is 0 Å². The van der Waals surface area contributed by atoms with E-state index in [9.17, 15) is 14.3 Å². The first kappa shape index (κ1) is 25.8. The molecule has 190 valence electrons. The van der Waals surface area contributed by atoms with Crippen molar-refractivity contribution in [2.75, 3.05) is 13.1 Å². The average molecular weight is 493 g/mol. The number of halogens is 1. The highest BCUT2D eigenvalue weighted by Gasteiger charge is 2.33. The van der Waals surface area contributed by atoms with Crippen LogP contribution >= 0.6 is 0 Å². The van der Waals surface area contributed by atoms with E-state index in [2.05, 4.69) is 24.8 Å². The number of carbonyl (C=O) groups excluding carboxylic acids is 1. The molecule has 2 atom stereocenters. The van der Waals surface area contributed by atoms with Gasteiger partial charge in [-0.3, -0.25) is 19.7 Å². The van der Waals surface area contributed by atoms with E-state index in [1.807, 2.05) is 32.6 Å². The monoisotopic (exact) mass is 492 g/mol. The number of aromatic nitrogens is 4. The van der Waals surface area contributed by atoms with Crippen LogP contribution in [0.3, 0.4) is 0 Å². The van der Waals surface area contributed by atoms with Crippen molar-refractivity contribution in [3.05, 3.63) is 70.8 Å². The van der Waals surface area contributed by atoms with E-state index in [1.165, 1.54) is 6.07 Å². The highest BCUT2D eigenvalue weighted by molar-refractivity contribution is 5.96. The molecule has 9 heteroatoms. The van der Waals surface area contributed by atoms with Gasteiger partial charge in [-0.15, -0.1) is 0 Å². The maximum absolute atomic E-state index is 14.4. The molecule has 1 N–H and O–H groups in total. The van der Waals surface area contributed by atoms with Crippen LogP contribution in [0.4, 0.5) is 4.39 Å². The summed E-state index contributed by atoms with van der Waals surface area (Å²) in [5.41, 5.74) is 2.42. The summed E-state index contributed by atoms with van der Waals surface area (Å²) >= 11 is 0. The molecule has 1 fully saturated rings. The first-order valence-corrected chi connectivity index (χ1v) is 12.1. The minimum absolute atomic E-state index is 0.0328. The van der Waals surface area contributed by atoms with E-state index in [0.29, 0.717) is 42.3 Å². The minimum Gasteiger partial charge on any atom is -0.382 e. The first-order valence-electron chi connectivity index (χ1n) is 12.1. The Morgan fingerprint density at radius 3 is 2.53 bits per heavy atom. The fourth-order valence-corrected chi connectivity index (χ4v) is 4.42. The van der Waals surface area contributed by atoms with Crippen LogP contribution in [0.5, 0.6) is 0 Å². The Bertz CT molecular complexity index is 1280. The van der Waals surface area contributed by atoms with Crippen molar-refractivity contribution in [3.8, 4) is 11.4 Å². The summed E-state index contributed by atoms with van der Waals surface area (Å²) in [5, 5.41) is 10.3.